The molecular formula is C15H30N2O2S. The first-order valence-electron chi connectivity index (χ1n) is 8.18. The fraction of sp³-hybridized carbons (Fsp3) is 1.00. The summed E-state index contributed by atoms with van der Waals surface area (Å²) in [6, 6.07) is 0. The Labute approximate surface area is 124 Å². The molecule has 20 heavy (non-hydrogen) atoms. The average molecular weight is 302 g/mol. The third kappa shape index (κ3) is 4.71. The van der Waals surface area contributed by atoms with Gasteiger partial charge in [-0.15, -0.1) is 0 Å². The lowest BCUT2D eigenvalue weighted by molar-refractivity contribution is 0.169. The van der Waals surface area contributed by atoms with Gasteiger partial charge in [-0.25, -0.2) is 13.1 Å². The highest BCUT2D eigenvalue weighted by Gasteiger charge is 2.29. The number of nitrogens with one attached hydrogen (secondary N) is 1. The summed E-state index contributed by atoms with van der Waals surface area (Å²) >= 11 is 0. The Hall–Kier alpha value is -0.130. The Kier molecular flexibility index (Phi) is 5.87. The third-order valence-electron chi connectivity index (χ3n) is 4.64. The zero-order valence-corrected chi connectivity index (χ0v) is 13.8. The number of likely N-dealkylation sites (tertiary alicyclic amines) is 1. The second kappa shape index (κ2) is 7.23. The molecule has 0 radical (unpaired) electrons. The third-order valence-corrected chi connectivity index (χ3v) is 6.56. The first-order valence-corrected chi connectivity index (χ1v) is 9.73. The molecule has 1 saturated heterocycles. The molecule has 2 fully saturated rings. The summed E-state index contributed by atoms with van der Waals surface area (Å²) in [6.45, 7) is 8.56. The van der Waals surface area contributed by atoms with Crippen LogP contribution in [-0.2, 0) is 10.0 Å². The van der Waals surface area contributed by atoms with Crippen molar-refractivity contribution in [3.63, 3.8) is 0 Å². The predicted octanol–water partition coefficient (Wildman–Crippen LogP) is 2.22. The van der Waals surface area contributed by atoms with Crippen molar-refractivity contribution in [3.05, 3.63) is 0 Å². The molecule has 1 N–H and O–H groups in total. The smallest absolute Gasteiger partial charge is 0.214 e. The van der Waals surface area contributed by atoms with Crippen molar-refractivity contribution in [2.45, 2.75) is 57.6 Å². The second-order valence-electron chi connectivity index (χ2n) is 6.94. The monoisotopic (exact) mass is 302 g/mol. The molecule has 0 aromatic carbocycles. The Morgan fingerprint density at radius 2 is 1.70 bits per heavy atom. The van der Waals surface area contributed by atoms with E-state index in [1.54, 1.807) is 0 Å². The van der Waals surface area contributed by atoms with E-state index in [4.69, 9.17) is 0 Å². The second-order valence-corrected chi connectivity index (χ2v) is 8.98. The number of nitrogens with zero attached hydrogens (tertiary/aromatic N) is 1. The predicted molar refractivity (Wildman–Crippen MR) is 83.2 cm³/mol. The van der Waals surface area contributed by atoms with Gasteiger partial charge in [-0.2, -0.15) is 0 Å². The van der Waals surface area contributed by atoms with Gasteiger partial charge in [0.1, 0.15) is 0 Å². The zero-order valence-electron chi connectivity index (χ0n) is 13.0. The maximum atomic E-state index is 12.2. The van der Waals surface area contributed by atoms with E-state index in [0.717, 1.165) is 51.6 Å². The van der Waals surface area contributed by atoms with Gasteiger partial charge in [-0.1, -0.05) is 26.7 Å². The first-order chi connectivity index (χ1) is 9.47. The van der Waals surface area contributed by atoms with Crippen LogP contribution in [0.15, 0.2) is 0 Å². The van der Waals surface area contributed by atoms with Crippen LogP contribution in [0.5, 0.6) is 0 Å². The van der Waals surface area contributed by atoms with E-state index in [1.807, 2.05) is 0 Å². The van der Waals surface area contributed by atoms with E-state index in [0.29, 0.717) is 18.4 Å². The van der Waals surface area contributed by atoms with Crippen molar-refractivity contribution in [3.8, 4) is 0 Å². The van der Waals surface area contributed by atoms with Crippen molar-refractivity contribution in [2.24, 2.45) is 11.8 Å². The number of hydrogen-bond donors (Lipinski definition) is 1. The van der Waals surface area contributed by atoms with Crippen LogP contribution < -0.4 is 4.72 Å². The molecule has 0 aromatic heterocycles. The van der Waals surface area contributed by atoms with Gasteiger partial charge < -0.3 is 4.90 Å². The van der Waals surface area contributed by atoms with Crippen LogP contribution in [-0.4, -0.2) is 44.7 Å². The van der Waals surface area contributed by atoms with Crippen LogP contribution in [0, 0.1) is 11.8 Å². The zero-order chi connectivity index (χ0) is 14.6. The number of sulfonamides is 1. The Bertz CT molecular complexity index is 381. The average Bonchev–Trinajstić information content (AvgIpc) is 2.92. The van der Waals surface area contributed by atoms with Crippen LogP contribution in [0.2, 0.25) is 0 Å². The molecule has 0 amide bonds. The van der Waals surface area contributed by atoms with E-state index in [1.165, 1.54) is 6.54 Å². The maximum Gasteiger partial charge on any atom is 0.214 e. The molecule has 1 aliphatic carbocycles. The minimum absolute atomic E-state index is 0.122. The molecule has 1 heterocycles. The quantitative estimate of drug-likeness (QED) is 0.818. The maximum absolute atomic E-state index is 12.2. The van der Waals surface area contributed by atoms with Crippen molar-refractivity contribution >= 4 is 10.0 Å². The Morgan fingerprint density at radius 3 is 2.25 bits per heavy atom. The van der Waals surface area contributed by atoms with Crippen LogP contribution in [0.3, 0.4) is 0 Å². The molecule has 5 heteroatoms. The lowest BCUT2D eigenvalue weighted by Crippen LogP contribution is -2.41. The molecule has 2 aliphatic rings. The van der Waals surface area contributed by atoms with E-state index in [9.17, 15) is 8.42 Å². The van der Waals surface area contributed by atoms with Gasteiger partial charge in [0.25, 0.3) is 0 Å². The van der Waals surface area contributed by atoms with Gasteiger partial charge in [0.05, 0.1) is 5.25 Å². The van der Waals surface area contributed by atoms with Gasteiger partial charge in [0.15, 0.2) is 0 Å². The summed E-state index contributed by atoms with van der Waals surface area (Å²) in [7, 11) is -3.06. The summed E-state index contributed by atoms with van der Waals surface area (Å²) < 4.78 is 27.2. The topological polar surface area (TPSA) is 49.4 Å². The number of hydrogen-bond acceptors (Lipinski definition) is 3. The SMILES string of the molecule is CC(C)CN1CCC(CNS(=O)(=O)C2CCCC2)CC1. The summed E-state index contributed by atoms with van der Waals surface area (Å²) in [5.74, 6) is 1.24. The molecule has 0 unspecified atom stereocenters. The fourth-order valence-corrected chi connectivity index (χ4v) is 5.10. The van der Waals surface area contributed by atoms with Crippen LogP contribution >= 0.6 is 0 Å². The van der Waals surface area contributed by atoms with Gasteiger partial charge in [-0.3, -0.25) is 0 Å². The normalized spacial score (nSPS) is 23.8. The van der Waals surface area contributed by atoms with Gasteiger partial charge in [0, 0.05) is 13.1 Å². The largest absolute Gasteiger partial charge is 0.303 e. The van der Waals surface area contributed by atoms with E-state index >= 15 is 0 Å². The molecule has 2 rings (SSSR count). The van der Waals surface area contributed by atoms with Gasteiger partial charge >= 0.3 is 0 Å². The number of piperidine rings is 1. The molecule has 4 nitrogen and oxygen atoms in total. The van der Waals surface area contributed by atoms with Crippen LogP contribution in [0.1, 0.15) is 52.4 Å². The molecule has 118 valence electrons. The summed E-state index contributed by atoms with van der Waals surface area (Å²) in [5.41, 5.74) is 0. The highest BCUT2D eigenvalue weighted by Crippen LogP contribution is 2.24. The van der Waals surface area contributed by atoms with Crippen LogP contribution in [0.25, 0.3) is 0 Å². The molecular weight excluding hydrogens is 272 g/mol. The van der Waals surface area contributed by atoms with Crippen molar-refractivity contribution in [1.29, 1.82) is 0 Å². The van der Waals surface area contributed by atoms with E-state index in [2.05, 4.69) is 23.5 Å². The minimum Gasteiger partial charge on any atom is -0.303 e. The Balaban J connectivity index is 1.70. The molecule has 0 atom stereocenters. The summed E-state index contributed by atoms with van der Waals surface area (Å²) in [4.78, 5) is 2.51. The fourth-order valence-electron chi connectivity index (χ4n) is 3.44. The highest BCUT2D eigenvalue weighted by molar-refractivity contribution is 7.90. The summed E-state index contributed by atoms with van der Waals surface area (Å²) in [6.07, 6.45) is 6.09. The van der Waals surface area contributed by atoms with Gasteiger partial charge in [0.2, 0.25) is 10.0 Å². The van der Waals surface area contributed by atoms with Gasteiger partial charge in [-0.05, 0) is 50.6 Å². The summed E-state index contributed by atoms with van der Waals surface area (Å²) in [5, 5.41) is -0.122. The van der Waals surface area contributed by atoms with Crippen molar-refractivity contribution < 1.29 is 8.42 Å². The molecule has 0 bridgehead atoms. The molecule has 1 aliphatic heterocycles. The van der Waals surface area contributed by atoms with Crippen molar-refractivity contribution in [2.75, 3.05) is 26.2 Å². The number of rotatable bonds is 6. The molecule has 0 spiro atoms. The molecule has 0 aromatic rings. The van der Waals surface area contributed by atoms with E-state index in [-0.39, 0.29) is 5.25 Å². The van der Waals surface area contributed by atoms with E-state index < -0.39 is 10.0 Å². The molecule has 1 saturated carbocycles. The minimum atomic E-state index is -3.06. The van der Waals surface area contributed by atoms with Crippen molar-refractivity contribution in [1.82, 2.24) is 9.62 Å². The first kappa shape index (κ1) is 16.2. The highest BCUT2D eigenvalue weighted by atomic mass is 32.2. The Morgan fingerprint density at radius 1 is 1.10 bits per heavy atom. The standard InChI is InChI=1S/C15H30N2O2S/c1-13(2)12-17-9-7-14(8-10-17)11-16-20(18,19)15-5-3-4-6-15/h13-16H,3-12H2,1-2H3. The lowest BCUT2D eigenvalue weighted by atomic mass is 9.96. The van der Waals surface area contributed by atoms with Crippen LogP contribution in [0.4, 0.5) is 0 Å². The lowest BCUT2D eigenvalue weighted by Gasteiger charge is -2.33.